The Kier molecular flexibility index (Phi) is 7.41. The molecule has 2 aromatic heterocycles. The zero-order valence-corrected chi connectivity index (χ0v) is 20.2. The first-order valence-electron chi connectivity index (χ1n) is 12.8. The van der Waals surface area contributed by atoms with E-state index in [1.807, 2.05) is 24.3 Å². The Labute approximate surface area is 206 Å². The van der Waals surface area contributed by atoms with Crippen molar-refractivity contribution in [1.29, 1.82) is 0 Å². The monoisotopic (exact) mass is 467 g/mol. The summed E-state index contributed by atoms with van der Waals surface area (Å²) in [5, 5.41) is 19.3. The lowest BCUT2D eigenvalue weighted by molar-refractivity contribution is 0.337. The molecule has 180 valence electrons. The van der Waals surface area contributed by atoms with E-state index < -0.39 is 0 Å². The quantitative estimate of drug-likeness (QED) is 0.298. The number of aromatic amines is 1. The first-order valence-corrected chi connectivity index (χ1v) is 12.8. The van der Waals surface area contributed by atoms with Gasteiger partial charge in [-0.1, -0.05) is 86.7 Å². The lowest BCUT2D eigenvalue weighted by Gasteiger charge is -2.20. The molecule has 2 heterocycles. The molecule has 1 aliphatic rings. The van der Waals surface area contributed by atoms with Crippen LogP contribution in [0.3, 0.4) is 0 Å². The fourth-order valence-corrected chi connectivity index (χ4v) is 5.06. The van der Waals surface area contributed by atoms with Crippen LogP contribution in [0.15, 0.2) is 61.2 Å². The molecule has 0 atom stereocenters. The lowest BCUT2D eigenvalue weighted by atomic mass is 9.86. The molecule has 1 aliphatic carbocycles. The number of rotatable bonds is 10. The van der Waals surface area contributed by atoms with Crippen molar-refractivity contribution < 1.29 is 0 Å². The molecular formula is C28H33N7. The molecule has 1 fully saturated rings. The number of benzene rings is 2. The third-order valence-corrected chi connectivity index (χ3v) is 6.99. The summed E-state index contributed by atoms with van der Waals surface area (Å²) >= 11 is 0. The Morgan fingerprint density at radius 2 is 1.80 bits per heavy atom. The zero-order chi connectivity index (χ0) is 23.9. The maximum absolute atomic E-state index is 4.96. The van der Waals surface area contributed by atoms with Gasteiger partial charge in [-0.2, -0.15) is 5.10 Å². The molecule has 5 rings (SSSR count). The highest BCUT2D eigenvalue weighted by atomic mass is 15.5. The Bertz CT molecular complexity index is 1220. The lowest BCUT2D eigenvalue weighted by Crippen LogP contribution is -2.08. The Morgan fingerprint density at radius 1 is 1.00 bits per heavy atom. The zero-order valence-electron chi connectivity index (χ0n) is 20.2. The second-order valence-corrected chi connectivity index (χ2v) is 9.46. The molecule has 35 heavy (non-hydrogen) atoms. The summed E-state index contributed by atoms with van der Waals surface area (Å²) in [5.74, 6) is 3.53. The molecule has 0 saturated heterocycles. The van der Waals surface area contributed by atoms with E-state index in [0.29, 0.717) is 5.82 Å². The molecule has 0 aliphatic heterocycles. The maximum Gasteiger partial charge on any atom is 0.180 e. The fraction of sp³-hybridized carbons (Fsp3) is 0.393. The van der Waals surface area contributed by atoms with Gasteiger partial charge in [0.1, 0.15) is 5.82 Å². The van der Waals surface area contributed by atoms with Crippen molar-refractivity contribution in [1.82, 2.24) is 35.4 Å². The van der Waals surface area contributed by atoms with E-state index in [9.17, 15) is 0 Å². The van der Waals surface area contributed by atoms with Crippen LogP contribution in [0.25, 0.3) is 22.5 Å². The molecule has 0 radical (unpaired) electrons. The second kappa shape index (κ2) is 11.2. The van der Waals surface area contributed by atoms with E-state index in [2.05, 4.69) is 62.2 Å². The van der Waals surface area contributed by atoms with Gasteiger partial charge in [-0.15, -0.1) is 11.7 Å². The molecule has 7 heteroatoms. The topological polar surface area (TPSA) is 85.2 Å². The van der Waals surface area contributed by atoms with Crippen LogP contribution >= 0.6 is 0 Å². The van der Waals surface area contributed by atoms with Crippen LogP contribution in [0.5, 0.6) is 0 Å². The van der Waals surface area contributed by atoms with Crippen molar-refractivity contribution in [2.24, 2.45) is 5.92 Å². The molecule has 1 N–H and O–H groups in total. The number of aryl methyl sites for hydroxylation is 2. The smallest absolute Gasteiger partial charge is 0.180 e. The molecule has 0 amide bonds. The van der Waals surface area contributed by atoms with Crippen molar-refractivity contribution >= 4 is 0 Å². The highest BCUT2D eigenvalue weighted by Gasteiger charge is 2.16. The van der Waals surface area contributed by atoms with Crippen LogP contribution in [0.1, 0.15) is 62.2 Å². The van der Waals surface area contributed by atoms with Crippen molar-refractivity contribution in [2.45, 2.75) is 64.3 Å². The summed E-state index contributed by atoms with van der Waals surface area (Å²) in [4.78, 5) is 4.96. The summed E-state index contributed by atoms with van der Waals surface area (Å²) in [6, 6.07) is 16.8. The minimum Gasteiger partial charge on any atom is -0.249 e. The van der Waals surface area contributed by atoms with Crippen LogP contribution in [0.2, 0.25) is 0 Å². The van der Waals surface area contributed by atoms with Crippen LogP contribution in [-0.2, 0) is 19.4 Å². The van der Waals surface area contributed by atoms with E-state index in [1.54, 1.807) is 0 Å². The van der Waals surface area contributed by atoms with Gasteiger partial charge in [0.15, 0.2) is 11.6 Å². The molecule has 1 saturated carbocycles. The first-order chi connectivity index (χ1) is 17.3. The minimum absolute atomic E-state index is 0.667. The molecule has 0 unspecified atom stereocenters. The van der Waals surface area contributed by atoms with Gasteiger partial charge < -0.3 is 0 Å². The van der Waals surface area contributed by atoms with Crippen molar-refractivity contribution in [3.8, 4) is 22.5 Å². The maximum atomic E-state index is 4.96. The summed E-state index contributed by atoms with van der Waals surface area (Å²) in [5.41, 5.74) is 4.43. The molecule has 2 aromatic carbocycles. The summed E-state index contributed by atoms with van der Waals surface area (Å²) in [6.07, 6.45) is 12.7. The van der Waals surface area contributed by atoms with Gasteiger partial charge in [0.25, 0.3) is 0 Å². The van der Waals surface area contributed by atoms with Crippen LogP contribution in [-0.4, -0.2) is 35.4 Å². The van der Waals surface area contributed by atoms with E-state index in [1.165, 1.54) is 44.1 Å². The number of H-pyrrole nitrogens is 1. The largest absolute Gasteiger partial charge is 0.249 e. The van der Waals surface area contributed by atoms with E-state index in [4.69, 9.17) is 10.1 Å². The normalized spacial score (nSPS) is 14.3. The van der Waals surface area contributed by atoms with E-state index >= 15 is 0 Å². The predicted octanol–water partition coefficient (Wildman–Crippen LogP) is 5.81. The SMILES string of the molecule is C=CCCn1nc(CCC2CCCCC2)nc1Cc1ccc(-c2ccccc2-c2nnn[nH]2)cc1. The van der Waals surface area contributed by atoms with Crippen molar-refractivity contribution in [2.75, 3.05) is 0 Å². The summed E-state index contributed by atoms with van der Waals surface area (Å²) < 4.78 is 2.08. The Hall–Kier alpha value is -3.61. The van der Waals surface area contributed by atoms with Crippen LogP contribution in [0.4, 0.5) is 0 Å². The second-order valence-electron chi connectivity index (χ2n) is 9.46. The van der Waals surface area contributed by atoms with Gasteiger partial charge >= 0.3 is 0 Å². The van der Waals surface area contributed by atoms with Crippen molar-refractivity contribution in [3.05, 3.63) is 78.4 Å². The average molecular weight is 468 g/mol. The minimum atomic E-state index is 0.667. The Balaban J connectivity index is 1.31. The number of hydrogen-bond donors (Lipinski definition) is 1. The average Bonchev–Trinajstić information content (AvgIpc) is 3.58. The molecule has 4 aromatic rings. The number of nitrogens with zero attached hydrogens (tertiary/aromatic N) is 6. The van der Waals surface area contributed by atoms with Gasteiger partial charge in [0.05, 0.1) is 0 Å². The third kappa shape index (κ3) is 5.73. The number of nitrogens with one attached hydrogen (secondary N) is 1. The number of tetrazole rings is 1. The Morgan fingerprint density at radius 3 is 2.54 bits per heavy atom. The van der Waals surface area contributed by atoms with Gasteiger partial charge in [0.2, 0.25) is 0 Å². The van der Waals surface area contributed by atoms with Crippen LogP contribution < -0.4 is 0 Å². The van der Waals surface area contributed by atoms with Gasteiger partial charge in [0, 0.05) is 24.9 Å². The summed E-state index contributed by atoms with van der Waals surface area (Å²) in [7, 11) is 0. The van der Waals surface area contributed by atoms with Gasteiger partial charge in [-0.05, 0) is 45.9 Å². The molecule has 0 spiro atoms. The highest BCUT2D eigenvalue weighted by Crippen LogP contribution is 2.30. The summed E-state index contributed by atoms with van der Waals surface area (Å²) in [6.45, 7) is 4.71. The fourth-order valence-electron chi connectivity index (χ4n) is 5.06. The highest BCUT2D eigenvalue weighted by molar-refractivity contribution is 5.80. The predicted molar refractivity (Wildman–Crippen MR) is 138 cm³/mol. The first kappa shape index (κ1) is 23.1. The molecule has 7 nitrogen and oxygen atoms in total. The van der Waals surface area contributed by atoms with Gasteiger partial charge in [-0.25, -0.2) is 14.8 Å². The van der Waals surface area contributed by atoms with Gasteiger partial charge in [-0.3, -0.25) is 0 Å². The number of aromatic nitrogens is 7. The number of allylic oxidation sites excluding steroid dienone is 1. The van der Waals surface area contributed by atoms with E-state index in [0.717, 1.165) is 60.1 Å². The number of hydrogen-bond acceptors (Lipinski definition) is 5. The van der Waals surface area contributed by atoms with Crippen molar-refractivity contribution in [3.63, 3.8) is 0 Å². The third-order valence-electron chi connectivity index (χ3n) is 6.99. The van der Waals surface area contributed by atoms with E-state index in [-0.39, 0.29) is 0 Å². The molecule has 0 bridgehead atoms. The standard InChI is InChI=1S/C28H33N7/c1-2-3-19-35-27(29-26(32-35)18-15-21-9-5-4-6-10-21)20-22-13-16-23(17-14-22)24-11-7-8-12-25(24)28-30-33-34-31-28/h2,7-8,11-14,16-17,21H,1,3-6,9-10,15,18-20H2,(H,30,31,33,34). The van der Waals surface area contributed by atoms with Crippen LogP contribution in [0, 0.1) is 5.92 Å². The molecular weight excluding hydrogens is 434 g/mol.